The van der Waals surface area contributed by atoms with Crippen LogP contribution in [0.5, 0.6) is 0 Å². The van der Waals surface area contributed by atoms with E-state index in [1.165, 1.54) is 148 Å². The van der Waals surface area contributed by atoms with E-state index in [9.17, 15) is 19.8 Å². The number of allylic oxidation sites excluding steroid dienone is 10. The van der Waals surface area contributed by atoms with Crippen LogP contribution in [-0.4, -0.2) is 46.9 Å². The molecule has 0 saturated carbocycles. The number of nitrogens with one attached hydrogen (secondary N) is 1. The summed E-state index contributed by atoms with van der Waals surface area (Å²) in [7, 11) is 0. The Morgan fingerprint density at radius 3 is 1.29 bits per heavy atom. The zero-order valence-corrected chi connectivity index (χ0v) is 41.7. The number of hydrogen-bond acceptors (Lipinski definition) is 5. The van der Waals surface area contributed by atoms with Gasteiger partial charge >= 0.3 is 5.97 Å². The van der Waals surface area contributed by atoms with Crippen LogP contribution in [0.1, 0.15) is 265 Å². The third-order valence-corrected chi connectivity index (χ3v) is 12.2. The lowest BCUT2D eigenvalue weighted by Crippen LogP contribution is -2.46. The zero-order valence-electron chi connectivity index (χ0n) is 41.7. The number of aliphatic hydroxyl groups excluding tert-OH is 2. The van der Waals surface area contributed by atoms with E-state index < -0.39 is 18.2 Å². The molecule has 0 fully saturated rings. The number of rotatable bonds is 48. The zero-order chi connectivity index (χ0) is 45.9. The lowest BCUT2D eigenvalue weighted by molar-refractivity contribution is -0.151. The monoisotopic (exact) mass is 882 g/mol. The minimum atomic E-state index is -0.795. The minimum absolute atomic E-state index is 0.0616. The van der Waals surface area contributed by atoms with Crippen molar-refractivity contribution in [2.24, 2.45) is 0 Å². The fraction of sp³-hybridized carbons (Fsp3) is 0.789. The number of hydrogen-bond donors (Lipinski definition) is 3. The molecule has 0 spiro atoms. The van der Waals surface area contributed by atoms with Crippen molar-refractivity contribution < 1.29 is 24.5 Å². The Bertz CT molecular complexity index is 1130. The van der Waals surface area contributed by atoms with Crippen molar-refractivity contribution in [3.05, 3.63) is 60.8 Å². The molecular weight excluding hydrogens is 779 g/mol. The van der Waals surface area contributed by atoms with Gasteiger partial charge < -0.3 is 20.3 Å². The van der Waals surface area contributed by atoms with Crippen molar-refractivity contribution in [2.75, 3.05) is 6.61 Å². The summed E-state index contributed by atoms with van der Waals surface area (Å²) in [6.07, 6.45) is 62.8. The maximum atomic E-state index is 13.2. The molecule has 3 unspecified atom stereocenters. The second kappa shape index (κ2) is 50.6. The van der Waals surface area contributed by atoms with Gasteiger partial charge in [-0.05, 0) is 44.9 Å². The average molecular weight is 882 g/mol. The summed E-state index contributed by atoms with van der Waals surface area (Å²) >= 11 is 0. The summed E-state index contributed by atoms with van der Waals surface area (Å²) in [5.41, 5.74) is 0. The van der Waals surface area contributed by atoms with Gasteiger partial charge in [0.15, 0.2) is 0 Å². The highest BCUT2D eigenvalue weighted by Crippen LogP contribution is 2.18. The summed E-state index contributed by atoms with van der Waals surface area (Å²) in [4.78, 5) is 26.2. The van der Waals surface area contributed by atoms with E-state index in [1.54, 1.807) is 0 Å². The molecule has 0 aliphatic rings. The van der Waals surface area contributed by atoms with Crippen molar-refractivity contribution in [3.8, 4) is 0 Å². The van der Waals surface area contributed by atoms with Crippen LogP contribution < -0.4 is 5.32 Å². The molecule has 0 aromatic heterocycles. The lowest BCUT2D eigenvalue weighted by atomic mass is 10.0. The standard InChI is InChI=1S/C57H103NO5/c1-4-7-10-13-16-19-22-25-27-28-30-31-33-36-39-42-45-48-53(63-57(62)50-47-44-41-38-35-32-29-26-23-20-17-14-11-8-5-2)51-56(61)58-54(52-59)55(60)49-46-43-40-37-34-24-21-18-15-12-9-6-3/h8,11,14,17,20,23,26,29,32,35,53-55,59-60H,4-7,9-10,12-13,15-16,18-19,21-22,24-25,27-28,30-31,33-34,36-52H2,1-3H3,(H,58,61)/b11-8+,17-14+,23-20-,29-26-,35-32+. The van der Waals surface area contributed by atoms with Crippen LogP contribution >= 0.6 is 0 Å². The van der Waals surface area contributed by atoms with E-state index in [4.69, 9.17) is 4.74 Å². The van der Waals surface area contributed by atoms with Gasteiger partial charge in [-0.3, -0.25) is 9.59 Å². The molecule has 0 aromatic carbocycles. The predicted molar refractivity (Wildman–Crippen MR) is 273 cm³/mol. The Balaban J connectivity index is 4.63. The number of aliphatic hydroxyl groups is 2. The molecule has 0 radical (unpaired) electrons. The first kappa shape index (κ1) is 60.6. The van der Waals surface area contributed by atoms with Crippen LogP contribution in [0.4, 0.5) is 0 Å². The van der Waals surface area contributed by atoms with Gasteiger partial charge in [-0.2, -0.15) is 0 Å². The fourth-order valence-electron chi connectivity index (χ4n) is 8.16. The summed E-state index contributed by atoms with van der Waals surface area (Å²) < 4.78 is 5.93. The Hall–Kier alpha value is -2.44. The molecule has 1 amide bonds. The molecule has 0 aromatic rings. The van der Waals surface area contributed by atoms with Gasteiger partial charge in [0.05, 0.1) is 25.2 Å². The number of esters is 1. The van der Waals surface area contributed by atoms with Crippen molar-refractivity contribution in [3.63, 3.8) is 0 Å². The average Bonchev–Trinajstić information content (AvgIpc) is 3.28. The Kier molecular flexibility index (Phi) is 48.6. The Morgan fingerprint density at radius 1 is 0.476 bits per heavy atom. The summed E-state index contributed by atoms with van der Waals surface area (Å²) in [6.45, 7) is 6.35. The van der Waals surface area contributed by atoms with Crippen molar-refractivity contribution >= 4 is 11.9 Å². The largest absolute Gasteiger partial charge is 0.462 e. The topological polar surface area (TPSA) is 95.9 Å². The number of unbranched alkanes of at least 4 members (excludes halogenated alkanes) is 30. The van der Waals surface area contributed by atoms with Crippen molar-refractivity contribution in [1.29, 1.82) is 0 Å². The van der Waals surface area contributed by atoms with E-state index in [-0.39, 0.29) is 24.9 Å². The first-order valence-electron chi connectivity index (χ1n) is 27.1. The molecule has 6 heteroatoms. The smallest absolute Gasteiger partial charge is 0.306 e. The van der Waals surface area contributed by atoms with Gasteiger partial charge in [-0.15, -0.1) is 0 Å². The van der Waals surface area contributed by atoms with Crippen LogP contribution in [0.15, 0.2) is 60.8 Å². The third kappa shape index (κ3) is 45.9. The summed E-state index contributed by atoms with van der Waals surface area (Å²) in [6, 6.07) is -0.710. The molecule has 0 heterocycles. The van der Waals surface area contributed by atoms with E-state index in [0.717, 1.165) is 70.6 Å². The predicted octanol–water partition coefficient (Wildman–Crippen LogP) is 16.4. The van der Waals surface area contributed by atoms with Crippen molar-refractivity contribution in [2.45, 2.75) is 283 Å². The SMILES string of the molecule is CC/C=C/C=C/C=C\C=C/C=C/CCCCCC(=O)OC(CCCCCCCCCCCCCCCCCCC)CC(=O)NC(CO)C(O)CCCCCCCCCCCCCC. The molecule has 0 aliphatic carbocycles. The van der Waals surface area contributed by atoms with E-state index in [0.29, 0.717) is 19.3 Å². The fourth-order valence-corrected chi connectivity index (χ4v) is 8.16. The highest BCUT2D eigenvalue weighted by atomic mass is 16.5. The molecule has 0 saturated heterocycles. The second-order valence-electron chi connectivity index (χ2n) is 18.4. The summed E-state index contributed by atoms with van der Waals surface area (Å²) in [5, 5.41) is 23.8. The number of carbonyl (C=O) groups is 2. The van der Waals surface area contributed by atoms with Crippen LogP contribution in [-0.2, 0) is 14.3 Å². The van der Waals surface area contributed by atoms with Crippen LogP contribution in [0, 0.1) is 0 Å². The maximum Gasteiger partial charge on any atom is 0.306 e. The van der Waals surface area contributed by atoms with Gasteiger partial charge in [0.2, 0.25) is 5.91 Å². The third-order valence-electron chi connectivity index (χ3n) is 12.2. The van der Waals surface area contributed by atoms with Gasteiger partial charge in [0.25, 0.3) is 0 Å². The molecule has 3 atom stereocenters. The quantitative estimate of drug-likeness (QED) is 0.0321. The first-order chi connectivity index (χ1) is 31.0. The molecular formula is C57H103NO5. The van der Waals surface area contributed by atoms with Crippen molar-refractivity contribution in [1.82, 2.24) is 5.32 Å². The normalized spacial score (nSPS) is 13.7. The van der Waals surface area contributed by atoms with Crippen LogP contribution in [0.2, 0.25) is 0 Å². The second-order valence-corrected chi connectivity index (χ2v) is 18.4. The van der Waals surface area contributed by atoms with E-state index in [1.807, 2.05) is 36.5 Å². The van der Waals surface area contributed by atoms with E-state index in [2.05, 4.69) is 50.4 Å². The number of amides is 1. The highest BCUT2D eigenvalue weighted by molar-refractivity contribution is 5.77. The van der Waals surface area contributed by atoms with Gasteiger partial charge in [0.1, 0.15) is 6.10 Å². The van der Waals surface area contributed by atoms with Crippen LogP contribution in [0.25, 0.3) is 0 Å². The number of ether oxygens (including phenoxy) is 1. The number of carbonyl (C=O) groups excluding carboxylic acids is 2. The van der Waals surface area contributed by atoms with Gasteiger partial charge in [-0.25, -0.2) is 0 Å². The Labute approximate surface area is 390 Å². The molecule has 63 heavy (non-hydrogen) atoms. The molecule has 3 N–H and O–H groups in total. The van der Waals surface area contributed by atoms with E-state index >= 15 is 0 Å². The molecule has 0 bridgehead atoms. The lowest BCUT2D eigenvalue weighted by Gasteiger charge is -2.24. The van der Waals surface area contributed by atoms with Gasteiger partial charge in [0, 0.05) is 6.42 Å². The molecule has 0 aliphatic heterocycles. The first-order valence-corrected chi connectivity index (χ1v) is 27.1. The Morgan fingerprint density at radius 2 is 0.857 bits per heavy atom. The molecule has 366 valence electrons. The maximum absolute atomic E-state index is 13.2. The molecule has 6 nitrogen and oxygen atoms in total. The van der Waals surface area contributed by atoms with Crippen LogP contribution in [0.3, 0.4) is 0 Å². The summed E-state index contributed by atoms with van der Waals surface area (Å²) in [5.74, 6) is -0.514. The molecule has 0 rings (SSSR count). The highest BCUT2D eigenvalue weighted by Gasteiger charge is 2.24. The van der Waals surface area contributed by atoms with Gasteiger partial charge in [-0.1, -0.05) is 268 Å². The minimum Gasteiger partial charge on any atom is -0.462 e.